The topological polar surface area (TPSA) is 107 Å². The largest absolute Gasteiger partial charge is 0.345 e. The van der Waals surface area contributed by atoms with Crippen LogP contribution in [0.25, 0.3) is 22.8 Å². The van der Waals surface area contributed by atoms with Crippen LogP contribution < -0.4 is 5.32 Å². The molecular formula is C19H15N5O3. The second-order valence-electron chi connectivity index (χ2n) is 5.78. The zero-order chi connectivity index (χ0) is 18.6. The second-order valence-corrected chi connectivity index (χ2v) is 5.78. The van der Waals surface area contributed by atoms with Crippen LogP contribution in [0.3, 0.4) is 0 Å². The molecule has 134 valence electrons. The van der Waals surface area contributed by atoms with E-state index in [2.05, 4.69) is 25.6 Å². The molecule has 8 heteroatoms. The Bertz CT molecular complexity index is 1070. The zero-order valence-electron chi connectivity index (χ0n) is 14.4. The number of aromatic nitrogens is 4. The van der Waals surface area contributed by atoms with Crippen LogP contribution in [0.5, 0.6) is 0 Å². The van der Waals surface area contributed by atoms with E-state index in [0.717, 1.165) is 5.56 Å². The van der Waals surface area contributed by atoms with Gasteiger partial charge in [0.05, 0.1) is 6.54 Å². The maximum atomic E-state index is 12.4. The summed E-state index contributed by atoms with van der Waals surface area (Å²) in [7, 11) is 0. The molecule has 0 fully saturated rings. The highest BCUT2D eigenvalue weighted by atomic mass is 16.5. The van der Waals surface area contributed by atoms with Crippen LogP contribution in [0.4, 0.5) is 0 Å². The lowest BCUT2D eigenvalue weighted by Gasteiger charge is -2.03. The number of aryl methyl sites for hydroxylation is 1. The van der Waals surface area contributed by atoms with Gasteiger partial charge in [-0.15, -0.1) is 0 Å². The van der Waals surface area contributed by atoms with Crippen LogP contribution in [0.2, 0.25) is 0 Å². The minimum absolute atomic E-state index is 0.153. The lowest BCUT2D eigenvalue weighted by atomic mass is 10.1. The van der Waals surface area contributed by atoms with E-state index in [1.165, 1.54) is 0 Å². The van der Waals surface area contributed by atoms with Crippen LogP contribution in [0, 0.1) is 6.92 Å². The van der Waals surface area contributed by atoms with Gasteiger partial charge in [-0.05, 0) is 24.3 Å². The number of nitrogens with zero attached hydrogens (tertiary/aromatic N) is 4. The molecule has 0 aliphatic heterocycles. The maximum absolute atomic E-state index is 12.4. The van der Waals surface area contributed by atoms with Gasteiger partial charge in [0.1, 0.15) is 0 Å². The molecule has 8 nitrogen and oxygen atoms in total. The molecule has 2 aromatic carbocycles. The summed E-state index contributed by atoms with van der Waals surface area (Å²) in [5.41, 5.74) is 2.00. The van der Waals surface area contributed by atoms with Crippen molar-refractivity contribution in [2.45, 2.75) is 13.5 Å². The van der Waals surface area contributed by atoms with E-state index < -0.39 is 0 Å². The van der Waals surface area contributed by atoms with Gasteiger partial charge in [0.25, 0.3) is 11.8 Å². The normalized spacial score (nSPS) is 10.7. The van der Waals surface area contributed by atoms with Crippen molar-refractivity contribution in [2.24, 2.45) is 0 Å². The van der Waals surface area contributed by atoms with Gasteiger partial charge in [-0.3, -0.25) is 4.79 Å². The quantitative estimate of drug-likeness (QED) is 0.582. The summed E-state index contributed by atoms with van der Waals surface area (Å²) in [6, 6.07) is 16.4. The van der Waals surface area contributed by atoms with E-state index in [1.54, 1.807) is 25.1 Å². The van der Waals surface area contributed by atoms with E-state index in [4.69, 9.17) is 9.05 Å². The molecule has 4 rings (SSSR count). The van der Waals surface area contributed by atoms with Crippen molar-refractivity contribution in [3.63, 3.8) is 0 Å². The number of hydrogen-bond donors (Lipinski definition) is 1. The SMILES string of the molecule is Cc1nc(-c2cccc(C(=O)NCc3noc(-c4ccccc4)n3)c2)no1. The summed E-state index contributed by atoms with van der Waals surface area (Å²) < 4.78 is 10.2. The van der Waals surface area contributed by atoms with Gasteiger partial charge in [-0.2, -0.15) is 9.97 Å². The molecule has 2 heterocycles. The predicted molar refractivity (Wildman–Crippen MR) is 95.4 cm³/mol. The minimum atomic E-state index is -0.261. The summed E-state index contributed by atoms with van der Waals surface area (Å²) in [6.07, 6.45) is 0. The van der Waals surface area contributed by atoms with E-state index in [0.29, 0.717) is 34.6 Å². The second kappa shape index (κ2) is 7.20. The molecule has 0 saturated carbocycles. The Hall–Kier alpha value is -3.81. The lowest BCUT2D eigenvalue weighted by molar-refractivity contribution is 0.0949. The average Bonchev–Trinajstić information content (AvgIpc) is 3.36. The molecule has 0 atom stereocenters. The maximum Gasteiger partial charge on any atom is 0.257 e. The van der Waals surface area contributed by atoms with Crippen LogP contribution in [-0.4, -0.2) is 26.2 Å². The summed E-state index contributed by atoms with van der Waals surface area (Å²) >= 11 is 0. The Kier molecular flexibility index (Phi) is 4.44. The molecule has 1 amide bonds. The van der Waals surface area contributed by atoms with E-state index in [-0.39, 0.29) is 12.5 Å². The first-order chi connectivity index (χ1) is 13.2. The Labute approximate surface area is 154 Å². The van der Waals surface area contributed by atoms with Gasteiger partial charge < -0.3 is 14.4 Å². The fourth-order valence-electron chi connectivity index (χ4n) is 2.50. The fraction of sp³-hybridized carbons (Fsp3) is 0.105. The molecule has 1 N–H and O–H groups in total. The van der Waals surface area contributed by atoms with Crippen LogP contribution in [0.15, 0.2) is 63.6 Å². The molecule has 0 aliphatic carbocycles. The van der Waals surface area contributed by atoms with Gasteiger partial charge in [-0.25, -0.2) is 0 Å². The minimum Gasteiger partial charge on any atom is -0.345 e. The first kappa shape index (κ1) is 16.6. The molecule has 2 aromatic heterocycles. The summed E-state index contributed by atoms with van der Waals surface area (Å²) in [6.45, 7) is 1.86. The molecule has 27 heavy (non-hydrogen) atoms. The standard InChI is InChI=1S/C19H15N5O3/c1-12-21-17(24-26-12)14-8-5-9-15(10-14)18(25)20-11-16-22-19(27-23-16)13-6-3-2-4-7-13/h2-10H,11H2,1H3,(H,20,25). The Morgan fingerprint density at radius 1 is 0.963 bits per heavy atom. The van der Waals surface area contributed by atoms with Gasteiger partial charge in [-0.1, -0.05) is 40.6 Å². The molecular weight excluding hydrogens is 346 g/mol. The van der Waals surface area contributed by atoms with Crippen molar-refractivity contribution in [3.05, 3.63) is 71.9 Å². The number of carbonyl (C=O) groups excluding carboxylic acids is 1. The Morgan fingerprint density at radius 3 is 2.56 bits per heavy atom. The third-order valence-corrected chi connectivity index (χ3v) is 3.81. The highest BCUT2D eigenvalue weighted by Gasteiger charge is 2.13. The van der Waals surface area contributed by atoms with E-state index in [1.807, 2.05) is 36.4 Å². The first-order valence-electron chi connectivity index (χ1n) is 8.26. The summed E-state index contributed by atoms with van der Waals surface area (Å²) in [5.74, 6) is 1.45. The number of carbonyl (C=O) groups is 1. The van der Waals surface area contributed by atoms with Crippen LogP contribution >= 0.6 is 0 Å². The zero-order valence-corrected chi connectivity index (χ0v) is 14.4. The molecule has 0 radical (unpaired) electrons. The van der Waals surface area contributed by atoms with Crippen molar-refractivity contribution in [1.29, 1.82) is 0 Å². The first-order valence-corrected chi connectivity index (χ1v) is 8.26. The summed E-state index contributed by atoms with van der Waals surface area (Å²) in [5, 5.41) is 10.5. The van der Waals surface area contributed by atoms with Crippen molar-refractivity contribution in [2.75, 3.05) is 0 Å². The average molecular weight is 361 g/mol. The number of nitrogens with one attached hydrogen (secondary N) is 1. The van der Waals surface area contributed by atoms with Gasteiger partial charge in [0, 0.05) is 23.6 Å². The van der Waals surface area contributed by atoms with Crippen LogP contribution in [-0.2, 0) is 6.54 Å². The van der Waals surface area contributed by atoms with Gasteiger partial charge in [0.15, 0.2) is 5.82 Å². The van der Waals surface area contributed by atoms with Crippen molar-refractivity contribution in [3.8, 4) is 22.8 Å². The van der Waals surface area contributed by atoms with Crippen LogP contribution in [0.1, 0.15) is 22.1 Å². The van der Waals surface area contributed by atoms with Gasteiger partial charge >= 0.3 is 0 Å². The van der Waals surface area contributed by atoms with E-state index in [9.17, 15) is 4.79 Å². The third kappa shape index (κ3) is 3.74. The molecule has 0 unspecified atom stereocenters. The fourth-order valence-corrected chi connectivity index (χ4v) is 2.50. The number of rotatable bonds is 5. The third-order valence-electron chi connectivity index (χ3n) is 3.81. The summed E-state index contributed by atoms with van der Waals surface area (Å²) in [4.78, 5) is 20.9. The lowest BCUT2D eigenvalue weighted by Crippen LogP contribution is -2.23. The van der Waals surface area contributed by atoms with Gasteiger partial charge in [0.2, 0.25) is 11.7 Å². The predicted octanol–water partition coefficient (Wildman–Crippen LogP) is 3.03. The monoisotopic (exact) mass is 361 g/mol. The van der Waals surface area contributed by atoms with Crippen molar-refractivity contribution < 1.29 is 13.8 Å². The molecule has 0 aliphatic rings. The molecule has 0 bridgehead atoms. The molecule has 0 spiro atoms. The molecule has 4 aromatic rings. The number of amides is 1. The highest BCUT2D eigenvalue weighted by molar-refractivity contribution is 5.95. The smallest absolute Gasteiger partial charge is 0.257 e. The van der Waals surface area contributed by atoms with Crippen molar-refractivity contribution in [1.82, 2.24) is 25.6 Å². The molecule has 0 saturated heterocycles. The van der Waals surface area contributed by atoms with E-state index >= 15 is 0 Å². The Balaban J connectivity index is 1.43. The van der Waals surface area contributed by atoms with Crippen molar-refractivity contribution >= 4 is 5.91 Å². The Morgan fingerprint density at radius 2 is 1.78 bits per heavy atom. The highest BCUT2D eigenvalue weighted by Crippen LogP contribution is 2.18. The number of hydrogen-bond acceptors (Lipinski definition) is 7. The number of benzene rings is 2.